The molecule has 1 unspecified atom stereocenters. The molecule has 1 saturated heterocycles. The molecule has 2 heterocycles. The average molecular weight is 691 g/mol. The Morgan fingerprint density at radius 1 is 0.882 bits per heavy atom. The minimum absolute atomic E-state index is 0.0764. The number of nitrogens with one attached hydrogen (secondary N) is 1. The predicted molar refractivity (Wildman–Crippen MR) is 189 cm³/mol. The summed E-state index contributed by atoms with van der Waals surface area (Å²) in [5.74, 6) is -1.44. The lowest BCUT2D eigenvalue weighted by Gasteiger charge is -2.29. The van der Waals surface area contributed by atoms with Crippen LogP contribution in [0.25, 0.3) is 11.1 Å². The zero-order chi connectivity index (χ0) is 35.3. The zero-order valence-corrected chi connectivity index (χ0v) is 28.4. The van der Waals surface area contributed by atoms with Crippen molar-refractivity contribution in [3.8, 4) is 11.1 Å². The van der Waals surface area contributed by atoms with Gasteiger partial charge in [-0.15, -0.1) is 0 Å². The van der Waals surface area contributed by atoms with E-state index in [9.17, 15) is 24.3 Å². The van der Waals surface area contributed by atoms with Crippen molar-refractivity contribution in [3.63, 3.8) is 0 Å². The van der Waals surface area contributed by atoms with Gasteiger partial charge in [-0.05, 0) is 71.6 Å². The fraction of sp³-hybridized carbons (Fsp3) is 0.375. The number of carbonyl (C=O) groups excluding carboxylic acids is 3. The molecule has 11 nitrogen and oxygen atoms in total. The van der Waals surface area contributed by atoms with E-state index in [1.807, 2.05) is 60.7 Å². The molecule has 0 bridgehead atoms. The number of ether oxygens (including phenoxy) is 1. The molecule has 51 heavy (non-hydrogen) atoms. The maximum absolute atomic E-state index is 13.9. The van der Waals surface area contributed by atoms with Gasteiger partial charge in [0.15, 0.2) is 0 Å². The van der Waals surface area contributed by atoms with Gasteiger partial charge in [-0.25, -0.2) is 9.59 Å². The summed E-state index contributed by atoms with van der Waals surface area (Å²) >= 11 is 0. The third-order valence-electron chi connectivity index (χ3n) is 10.5. The first-order valence-electron chi connectivity index (χ1n) is 17.8. The lowest BCUT2D eigenvalue weighted by molar-refractivity contribution is -0.148. The molecule has 2 atom stereocenters. The van der Waals surface area contributed by atoms with Crippen LogP contribution >= 0.6 is 0 Å². The zero-order valence-electron chi connectivity index (χ0n) is 28.4. The number of nitrogens with zero attached hydrogens (tertiary/aromatic N) is 3. The first-order valence-corrected chi connectivity index (χ1v) is 17.8. The van der Waals surface area contributed by atoms with Crippen LogP contribution < -0.4 is 10.2 Å². The van der Waals surface area contributed by atoms with Crippen LogP contribution in [0.1, 0.15) is 78.1 Å². The number of carboxylic acid groups (broad SMARTS) is 1. The van der Waals surface area contributed by atoms with Crippen LogP contribution in [0.4, 0.5) is 10.5 Å². The molecule has 11 heteroatoms. The van der Waals surface area contributed by atoms with E-state index in [1.54, 1.807) is 11.0 Å². The quantitative estimate of drug-likeness (QED) is 0.184. The Bertz CT molecular complexity index is 1820. The number of benzene rings is 3. The van der Waals surface area contributed by atoms with Gasteiger partial charge in [0.05, 0.1) is 6.20 Å². The number of aromatic nitrogens is 1. The highest BCUT2D eigenvalue weighted by molar-refractivity contribution is 6.04. The van der Waals surface area contributed by atoms with Gasteiger partial charge in [0, 0.05) is 37.2 Å². The van der Waals surface area contributed by atoms with Gasteiger partial charge in [0.1, 0.15) is 18.7 Å². The van der Waals surface area contributed by atoms with Crippen LogP contribution in [0.5, 0.6) is 0 Å². The Labute approximate surface area is 296 Å². The molecule has 264 valence electrons. The van der Waals surface area contributed by atoms with Crippen LogP contribution in [-0.4, -0.2) is 70.8 Å². The molecule has 0 radical (unpaired) electrons. The summed E-state index contributed by atoms with van der Waals surface area (Å²) in [4.78, 5) is 55.9. The number of hydrogen-bond donors (Lipinski definition) is 2. The molecule has 4 aromatic rings. The minimum atomic E-state index is -1.07. The monoisotopic (exact) mass is 690 g/mol. The number of amides is 3. The Kier molecular flexibility index (Phi) is 10.1. The highest BCUT2D eigenvalue weighted by Gasteiger charge is 2.38. The van der Waals surface area contributed by atoms with Gasteiger partial charge in [-0.3, -0.25) is 9.59 Å². The lowest BCUT2D eigenvalue weighted by Crippen LogP contribution is -2.52. The average Bonchev–Trinajstić information content (AvgIpc) is 3.94. The number of anilines is 1. The Morgan fingerprint density at radius 2 is 1.57 bits per heavy atom. The van der Waals surface area contributed by atoms with Crippen molar-refractivity contribution in [1.29, 1.82) is 0 Å². The third kappa shape index (κ3) is 7.38. The first-order chi connectivity index (χ1) is 24.9. The van der Waals surface area contributed by atoms with Crippen LogP contribution in [0.15, 0.2) is 89.6 Å². The lowest BCUT2D eigenvalue weighted by atomic mass is 9.88. The maximum atomic E-state index is 13.9. The molecular formula is C40H42N4O7. The maximum Gasteiger partial charge on any atom is 0.407 e. The molecule has 1 aromatic heterocycles. The standard InChI is InChI=1S/C40H42N4O7/c45-37(43-22-8-15-35(43)39(47)48)34(42-40(49)50-25-33-31-13-6-4-11-29(31)30-12-5-7-14-32(30)33)23-26-16-18-28(19-17-26)44(24-27-9-2-1-3-10-27)38(46)36-20-21-41-51-36/h4-7,11-14,16-21,27,33-35H,1-3,8-10,15,22-25H2,(H,42,49)(H,47,48)/t34-,35?/m0/s1. The number of fused-ring (bicyclic) bond motifs is 3. The van der Waals surface area contributed by atoms with Crippen LogP contribution in [0.3, 0.4) is 0 Å². The summed E-state index contributed by atoms with van der Waals surface area (Å²) in [5, 5.41) is 16.3. The number of aliphatic carboxylic acids is 1. The molecule has 1 aliphatic heterocycles. The van der Waals surface area contributed by atoms with E-state index in [0.29, 0.717) is 31.0 Å². The molecule has 2 aliphatic carbocycles. The van der Waals surface area contributed by atoms with Gasteiger partial charge >= 0.3 is 12.1 Å². The van der Waals surface area contributed by atoms with E-state index in [0.717, 1.165) is 53.5 Å². The van der Waals surface area contributed by atoms with Gasteiger partial charge < -0.3 is 29.5 Å². The summed E-state index contributed by atoms with van der Waals surface area (Å²) in [7, 11) is 0. The number of hydrogen-bond acceptors (Lipinski definition) is 7. The van der Waals surface area contributed by atoms with Crippen molar-refractivity contribution >= 4 is 29.6 Å². The highest BCUT2D eigenvalue weighted by Crippen LogP contribution is 2.44. The highest BCUT2D eigenvalue weighted by atomic mass is 16.5. The van der Waals surface area contributed by atoms with Crippen molar-refractivity contribution in [2.45, 2.75) is 69.4 Å². The predicted octanol–water partition coefficient (Wildman–Crippen LogP) is 6.43. The van der Waals surface area contributed by atoms with E-state index in [4.69, 9.17) is 9.26 Å². The molecule has 2 fully saturated rings. The molecule has 0 spiro atoms. The van der Waals surface area contributed by atoms with Gasteiger partial charge in [-0.2, -0.15) is 0 Å². The van der Waals surface area contributed by atoms with Crippen LogP contribution in [0, 0.1) is 5.92 Å². The molecule has 7 rings (SSSR count). The number of likely N-dealkylation sites (tertiary alicyclic amines) is 1. The SMILES string of the molecule is O=C(N[C@@H](Cc1ccc(N(CC2CCCCC2)C(=O)c2ccno2)cc1)C(=O)N1CCCC1C(=O)O)OCC1c2ccccc2-c2ccccc21. The molecule has 3 aliphatic rings. The van der Waals surface area contributed by atoms with E-state index < -0.39 is 30.1 Å². The van der Waals surface area contributed by atoms with Crippen molar-refractivity contribution in [3.05, 3.63) is 108 Å². The Morgan fingerprint density at radius 3 is 2.22 bits per heavy atom. The number of alkyl carbamates (subject to hydrolysis) is 1. The first kappa shape index (κ1) is 34.0. The van der Waals surface area contributed by atoms with Crippen molar-refractivity contribution < 1.29 is 33.5 Å². The minimum Gasteiger partial charge on any atom is -0.480 e. The smallest absolute Gasteiger partial charge is 0.407 e. The van der Waals surface area contributed by atoms with Crippen LogP contribution in [-0.2, 0) is 20.7 Å². The number of carbonyl (C=O) groups is 4. The molecule has 2 N–H and O–H groups in total. The second kappa shape index (κ2) is 15.2. The van der Waals surface area contributed by atoms with E-state index >= 15 is 0 Å². The number of carboxylic acids is 1. The van der Waals surface area contributed by atoms with Crippen molar-refractivity contribution in [1.82, 2.24) is 15.4 Å². The summed E-state index contributed by atoms with van der Waals surface area (Å²) in [6.07, 6.45) is 7.30. The van der Waals surface area contributed by atoms with Gasteiger partial charge in [0.25, 0.3) is 5.91 Å². The summed E-state index contributed by atoms with van der Waals surface area (Å²) in [5.41, 5.74) is 5.76. The van der Waals surface area contributed by atoms with Gasteiger partial charge in [-0.1, -0.05) is 85.1 Å². The van der Waals surface area contributed by atoms with E-state index in [-0.39, 0.29) is 37.2 Å². The Hall–Kier alpha value is -5.45. The molecular weight excluding hydrogens is 648 g/mol. The van der Waals surface area contributed by atoms with E-state index in [2.05, 4.69) is 22.6 Å². The van der Waals surface area contributed by atoms with E-state index in [1.165, 1.54) is 17.5 Å². The molecule has 1 saturated carbocycles. The molecule has 3 amide bonds. The largest absolute Gasteiger partial charge is 0.480 e. The number of rotatable bonds is 11. The fourth-order valence-corrected chi connectivity index (χ4v) is 7.91. The second-order valence-corrected chi connectivity index (χ2v) is 13.7. The topological polar surface area (TPSA) is 142 Å². The van der Waals surface area contributed by atoms with Crippen molar-refractivity contribution in [2.75, 3.05) is 24.6 Å². The Balaban J connectivity index is 1.08. The fourth-order valence-electron chi connectivity index (χ4n) is 7.91. The van der Waals surface area contributed by atoms with Gasteiger partial charge in [0.2, 0.25) is 11.7 Å². The summed E-state index contributed by atoms with van der Waals surface area (Å²) < 4.78 is 11.0. The second-order valence-electron chi connectivity index (χ2n) is 13.7. The summed E-state index contributed by atoms with van der Waals surface area (Å²) in [6, 6.07) is 22.9. The summed E-state index contributed by atoms with van der Waals surface area (Å²) in [6.45, 7) is 0.916. The normalized spacial score (nSPS) is 17.7. The van der Waals surface area contributed by atoms with Crippen molar-refractivity contribution in [2.24, 2.45) is 5.92 Å². The molecule has 3 aromatic carbocycles. The third-order valence-corrected chi connectivity index (χ3v) is 10.5. The van der Waals surface area contributed by atoms with Crippen LogP contribution in [0.2, 0.25) is 0 Å².